The van der Waals surface area contributed by atoms with Crippen molar-refractivity contribution in [3.8, 4) is 0 Å². The second-order valence-corrected chi connectivity index (χ2v) is 6.03. The molecule has 2 atom stereocenters. The fourth-order valence-corrected chi connectivity index (χ4v) is 2.63. The summed E-state index contributed by atoms with van der Waals surface area (Å²) in [6.45, 7) is 2.51. The zero-order valence-corrected chi connectivity index (χ0v) is 13.5. The molecule has 6 heteroatoms. The largest absolute Gasteiger partial charge is 0.394 e. The number of aryl methyl sites for hydroxylation is 1. The zero-order chi connectivity index (χ0) is 16.7. The van der Waals surface area contributed by atoms with Gasteiger partial charge in [-0.25, -0.2) is 4.79 Å². The maximum atomic E-state index is 12.1. The van der Waals surface area contributed by atoms with Gasteiger partial charge in [0, 0.05) is 6.54 Å². The second-order valence-electron chi connectivity index (χ2n) is 6.03. The molecule has 2 unspecified atom stereocenters. The summed E-state index contributed by atoms with van der Waals surface area (Å²) in [6.07, 6.45) is 3.01. The molecule has 0 bridgehead atoms. The van der Waals surface area contributed by atoms with Crippen molar-refractivity contribution in [1.29, 1.82) is 0 Å². The predicted molar refractivity (Wildman–Crippen MR) is 88.1 cm³/mol. The maximum Gasteiger partial charge on any atom is 0.315 e. The van der Waals surface area contributed by atoms with E-state index in [0.717, 1.165) is 18.4 Å². The van der Waals surface area contributed by atoms with E-state index < -0.39 is 12.1 Å². The smallest absolute Gasteiger partial charge is 0.315 e. The third-order valence-corrected chi connectivity index (χ3v) is 4.00. The van der Waals surface area contributed by atoms with Gasteiger partial charge in [-0.3, -0.25) is 4.79 Å². The van der Waals surface area contributed by atoms with Crippen LogP contribution in [-0.4, -0.2) is 42.3 Å². The molecule has 1 saturated heterocycles. The highest BCUT2D eigenvalue weighted by molar-refractivity contribution is 5.87. The van der Waals surface area contributed by atoms with E-state index in [2.05, 4.69) is 16.0 Å². The van der Waals surface area contributed by atoms with Crippen LogP contribution in [0.5, 0.6) is 0 Å². The number of aliphatic hydroxyl groups is 1. The van der Waals surface area contributed by atoms with Gasteiger partial charge in [0.1, 0.15) is 6.04 Å². The Kier molecular flexibility index (Phi) is 6.40. The van der Waals surface area contributed by atoms with Gasteiger partial charge in [0.15, 0.2) is 0 Å². The van der Waals surface area contributed by atoms with Gasteiger partial charge in [-0.05, 0) is 38.2 Å². The monoisotopic (exact) mass is 319 g/mol. The highest BCUT2D eigenvalue weighted by Crippen LogP contribution is 2.07. The van der Waals surface area contributed by atoms with Gasteiger partial charge in [0.2, 0.25) is 5.91 Å². The number of nitrogens with one attached hydrogen (secondary N) is 3. The van der Waals surface area contributed by atoms with Crippen LogP contribution < -0.4 is 16.0 Å². The van der Waals surface area contributed by atoms with Crippen molar-refractivity contribution in [2.24, 2.45) is 0 Å². The van der Waals surface area contributed by atoms with Gasteiger partial charge >= 0.3 is 6.03 Å². The van der Waals surface area contributed by atoms with Crippen LogP contribution in [0.15, 0.2) is 24.3 Å². The Balaban J connectivity index is 1.86. The normalized spacial score (nSPS) is 19.4. The molecule has 23 heavy (non-hydrogen) atoms. The van der Waals surface area contributed by atoms with E-state index in [0.29, 0.717) is 19.4 Å². The van der Waals surface area contributed by atoms with Gasteiger partial charge < -0.3 is 21.1 Å². The number of rotatable bonds is 5. The first-order valence-corrected chi connectivity index (χ1v) is 8.09. The lowest BCUT2D eigenvalue weighted by Gasteiger charge is -2.20. The van der Waals surface area contributed by atoms with Crippen LogP contribution in [0.4, 0.5) is 4.79 Å². The quantitative estimate of drug-likeness (QED) is 0.649. The maximum absolute atomic E-state index is 12.1. The van der Waals surface area contributed by atoms with Crippen LogP contribution in [-0.2, 0) is 11.2 Å². The van der Waals surface area contributed by atoms with Crippen LogP contribution in [0.2, 0.25) is 0 Å². The SMILES string of the molecule is Cc1ccc(CC(CO)NC(=O)NC2CCCCNC2=O)cc1. The van der Waals surface area contributed by atoms with E-state index in [4.69, 9.17) is 0 Å². The van der Waals surface area contributed by atoms with Crippen LogP contribution in [0.25, 0.3) is 0 Å². The Labute approximate surface area is 136 Å². The molecule has 1 aromatic rings. The third kappa shape index (κ3) is 5.56. The van der Waals surface area contributed by atoms with Gasteiger partial charge in [-0.2, -0.15) is 0 Å². The van der Waals surface area contributed by atoms with E-state index >= 15 is 0 Å². The number of carbonyl (C=O) groups excluding carboxylic acids is 2. The average Bonchev–Trinajstić information content (AvgIpc) is 2.73. The van der Waals surface area contributed by atoms with E-state index in [1.807, 2.05) is 31.2 Å². The Bertz CT molecular complexity index is 530. The highest BCUT2D eigenvalue weighted by atomic mass is 16.3. The van der Waals surface area contributed by atoms with Gasteiger partial charge in [0.05, 0.1) is 12.6 Å². The van der Waals surface area contributed by atoms with Gasteiger partial charge in [0.25, 0.3) is 0 Å². The zero-order valence-electron chi connectivity index (χ0n) is 13.5. The lowest BCUT2D eigenvalue weighted by atomic mass is 10.1. The lowest BCUT2D eigenvalue weighted by molar-refractivity contribution is -0.122. The molecule has 0 aromatic heterocycles. The minimum atomic E-state index is -0.504. The number of benzene rings is 1. The topological polar surface area (TPSA) is 90.5 Å². The fourth-order valence-electron chi connectivity index (χ4n) is 2.63. The Hall–Kier alpha value is -2.08. The molecule has 1 aliphatic rings. The molecule has 0 aliphatic carbocycles. The summed E-state index contributed by atoms with van der Waals surface area (Å²) in [5, 5.41) is 17.7. The van der Waals surface area contributed by atoms with Crippen LogP contribution in [0.1, 0.15) is 30.4 Å². The van der Waals surface area contributed by atoms with Crippen molar-refractivity contribution in [3.63, 3.8) is 0 Å². The molecule has 2 rings (SSSR count). The van der Waals surface area contributed by atoms with Crippen molar-refractivity contribution in [3.05, 3.63) is 35.4 Å². The molecule has 1 heterocycles. The highest BCUT2D eigenvalue weighted by Gasteiger charge is 2.23. The first-order valence-electron chi connectivity index (χ1n) is 8.09. The van der Waals surface area contributed by atoms with Crippen molar-refractivity contribution in [1.82, 2.24) is 16.0 Å². The molecular weight excluding hydrogens is 294 g/mol. The first-order chi connectivity index (χ1) is 11.1. The number of amides is 3. The average molecular weight is 319 g/mol. The summed E-state index contributed by atoms with van der Waals surface area (Å²) in [7, 11) is 0. The number of aliphatic hydroxyl groups excluding tert-OH is 1. The molecule has 3 amide bonds. The molecule has 1 fully saturated rings. The molecule has 126 valence electrons. The molecule has 1 aromatic carbocycles. The van der Waals surface area contributed by atoms with Crippen LogP contribution >= 0.6 is 0 Å². The molecule has 6 nitrogen and oxygen atoms in total. The van der Waals surface area contributed by atoms with E-state index in [1.165, 1.54) is 5.56 Å². The summed E-state index contributed by atoms with van der Waals surface area (Å²) >= 11 is 0. The van der Waals surface area contributed by atoms with Crippen LogP contribution in [0.3, 0.4) is 0 Å². The summed E-state index contributed by atoms with van der Waals surface area (Å²) in [4.78, 5) is 23.9. The van der Waals surface area contributed by atoms with Crippen molar-refractivity contribution >= 4 is 11.9 Å². The van der Waals surface area contributed by atoms with E-state index in [9.17, 15) is 14.7 Å². The predicted octanol–water partition coefficient (Wildman–Crippen LogP) is 0.866. The summed E-state index contributed by atoms with van der Waals surface area (Å²) in [6, 6.07) is 6.66. The third-order valence-electron chi connectivity index (χ3n) is 4.00. The molecule has 1 aliphatic heterocycles. The Morgan fingerprint density at radius 2 is 2.09 bits per heavy atom. The number of hydrogen-bond donors (Lipinski definition) is 4. The summed E-state index contributed by atoms with van der Waals surface area (Å²) < 4.78 is 0. The van der Waals surface area contributed by atoms with E-state index in [1.54, 1.807) is 0 Å². The lowest BCUT2D eigenvalue weighted by Crippen LogP contribution is -2.52. The molecule has 0 saturated carbocycles. The molecule has 0 spiro atoms. The molecule has 0 radical (unpaired) electrons. The fraction of sp³-hybridized carbons (Fsp3) is 0.529. The van der Waals surface area contributed by atoms with Crippen molar-refractivity contribution in [2.75, 3.05) is 13.2 Å². The minimum Gasteiger partial charge on any atom is -0.394 e. The molecular formula is C17H25N3O3. The molecule has 4 N–H and O–H groups in total. The Morgan fingerprint density at radius 1 is 1.35 bits per heavy atom. The van der Waals surface area contributed by atoms with Crippen LogP contribution in [0, 0.1) is 6.92 Å². The van der Waals surface area contributed by atoms with E-state index in [-0.39, 0.29) is 18.6 Å². The van der Waals surface area contributed by atoms with Gasteiger partial charge in [-0.15, -0.1) is 0 Å². The summed E-state index contributed by atoms with van der Waals surface area (Å²) in [5.41, 5.74) is 2.21. The standard InChI is InChI=1S/C17H25N3O3/c1-12-5-7-13(8-6-12)10-14(11-21)19-17(23)20-15-4-2-3-9-18-16(15)22/h5-8,14-15,21H,2-4,9-11H2,1H3,(H,18,22)(H2,19,20,23). The van der Waals surface area contributed by atoms with Crippen molar-refractivity contribution in [2.45, 2.75) is 44.7 Å². The minimum absolute atomic E-state index is 0.142. The second kappa shape index (κ2) is 8.53. The van der Waals surface area contributed by atoms with Gasteiger partial charge in [-0.1, -0.05) is 29.8 Å². The number of urea groups is 1. The summed E-state index contributed by atoms with van der Waals surface area (Å²) in [5.74, 6) is -0.142. The first kappa shape index (κ1) is 17.3. The Morgan fingerprint density at radius 3 is 2.78 bits per heavy atom. The number of hydrogen-bond acceptors (Lipinski definition) is 3. The number of carbonyl (C=O) groups is 2. The van der Waals surface area contributed by atoms with Crippen molar-refractivity contribution < 1.29 is 14.7 Å².